The molecule has 1 saturated carbocycles. The van der Waals surface area contributed by atoms with Crippen LogP contribution in [0.4, 0.5) is 17.6 Å². The minimum atomic E-state index is -4.73. The van der Waals surface area contributed by atoms with E-state index >= 15 is 0 Å². The second kappa shape index (κ2) is 4.51. The lowest BCUT2D eigenvalue weighted by atomic mass is 9.62. The molecule has 0 spiro atoms. The van der Waals surface area contributed by atoms with Crippen LogP contribution in [0.1, 0.15) is 36.8 Å². The van der Waals surface area contributed by atoms with E-state index < -0.39 is 28.9 Å². The van der Waals surface area contributed by atoms with Crippen LogP contribution in [-0.2, 0) is 16.4 Å². The van der Waals surface area contributed by atoms with E-state index in [4.69, 9.17) is 5.11 Å². The fraction of sp³-hybridized carbons (Fsp3) is 0.462. The van der Waals surface area contributed by atoms with Crippen molar-refractivity contribution in [2.24, 2.45) is 0 Å². The van der Waals surface area contributed by atoms with Gasteiger partial charge in [-0.1, -0.05) is 12.5 Å². The van der Waals surface area contributed by atoms with Crippen molar-refractivity contribution in [3.8, 4) is 0 Å². The van der Waals surface area contributed by atoms with Crippen molar-refractivity contribution in [3.05, 3.63) is 35.1 Å². The van der Waals surface area contributed by atoms with Gasteiger partial charge in [0, 0.05) is 5.41 Å². The highest BCUT2D eigenvalue weighted by Gasteiger charge is 2.42. The number of alkyl halides is 3. The van der Waals surface area contributed by atoms with E-state index in [0.29, 0.717) is 24.5 Å². The molecule has 0 heterocycles. The first-order valence-electron chi connectivity index (χ1n) is 5.84. The minimum absolute atomic E-state index is 0.183. The maximum absolute atomic E-state index is 13.5. The molecule has 1 aliphatic carbocycles. The van der Waals surface area contributed by atoms with Crippen LogP contribution in [0.3, 0.4) is 0 Å². The van der Waals surface area contributed by atoms with Gasteiger partial charge in [0.15, 0.2) is 0 Å². The number of carbonyl (C=O) groups is 1. The Kier molecular flexibility index (Phi) is 3.28. The van der Waals surface area contributed by atoms with Crippen LogP contribution in [0.5, 0.6) is 0 Å². The number of rotatable bonds is 3. The van der Waals surface area contributed by atoms with Gasteiger partial charge in [-0.05, 0) is 30.5 Å². The second-order valence-electron chi connectivity index (χ2n) is 4.90. The van der Waals surface area contributed by atoms with Gasteiger partial charge >= 0.3 is 12.1 Å². The molecule has 2 rings (SSSR count). The Morgan fingerprint density at radius 3 is 2.32 bits per heavy atom. The number of aliphatic carboxylic acids is 1. The van der Waals surface area contributed by atoms with Crippen LogP contribution < -0.4 is 0 Å². The van der Waals surface area contributed by atoms with Gasteiger partial charge in [0.1, 0.15) is 5.82 Å². The number of hydrogen-bond donors (Lipinski definition) is 1. The molecular formula is C13H12F4O2. The van der Waals surface area contributed by atoms with Crippen molar-refractivity contribution in [2.75, 3.05) is 0 Å². The molecular weight excluding hydrogens is 264 g/mol. The molecule has 1 aliphatic rings. The van der Waals surface area contributed by atoms with E-state index in [1.807, 2.05) is 0 Å². The Balaban J connectivity index is 2.36. The van der Waals surface area contributed by atoms with Crippen molar-refractivity contribution in [1.29, 1.82) is 0 Å². The molecule has 0 bridgehead atoms. The Labute approximate surface area is 107 Å². The first-order valence-corrected chi connectivity index (χ1v) is 5.84. The van der Waals surface area contributed by atoms with Gasteiger partial charge in [-0.15, -0.1) is 0 Å². The van der Waals surface area contributed by atoms with Crippen LogP contribution in [0.25, 0.3) is 0 Å². The summed E-state index contributed by atoms with van der Waals surface area (Å²) in [4.78, 5) is 10.8. The Morgan fingerprint density at radius 2 is 1.95 bits per heavy atom. The van der Waals surface area contributed by atoms with E-state index in [0.717, 1.165) is 12.5 Å². The summed E-state index contributed by atoms with van der Waals surface area (Å²) in [5.41, 5.74) is -1.69. The monoisotopic (exact) mass is 276 g/mol. The van der Waals surface area contributed by atoms with E-state index in [2.05, 4.69) is 0 Å². The molecule has 0 radical (unpaired) electrons. The van der Waals surface area contributed by atoms with E-state index in [-0.39, 0.29) is 6.42 Å². The summed E-state index contributed by atoms with van der Waals surface area (Å²) in [6.45, 7) is 0. The average Bonchev–Trinajstić information content (AvgIpc) is 2.21. The number of carboxylic acids is 1. The molecule has 1 N–H and O–H groups in total. The third kappa shape index (κ3) is 2.57. The predicted molar refractivity (Wildman–Crippen MR) is 59.2 cm³/mol. The number of benzene rings is 1. The normalized spacial score (nSPS) is 17.9. The lowest BCUT2D eigenvalue weighted by Crippen LogP contribution is -2.36. The maximum Gasteiger partial charge on any atom is 0.419 e. The van der Waals surface area contributed by atoms with Gasteiger partial charge in [0.2, 0.25) is 0 Å². The first kappa shape index (κ1) is 13.8. The van der Waals surface area contributed by atoms with E-state index in [1.54, 1.807) is 0 Å². The van der Waals surface area contributed by atoms with Crippen LogP contribution in [-0.4, -0.2) is 11.1 Å². The summed E-state index contributed by atoms with van der Waals surface area (Å²) >= 11 is 0. The van der Waals surface area contributed by atoms with Crippen molar-refractivity contribution in [2.45, 2.75) is 37.3 Å². The highest BCUT2D eigenvalue weighted by molar-refractivity contribution is 5.69. The zero-order chi connectivity index (χ0) is 14.3. The third-order valence-corrected chi connectivity index (χ3v) is 3.69. The van der Waals surface area contributed by atoms with E-state index in [1.165, 1.54) is 6.07 Å². The standard InChI is InChI=1S/C13H12F4O2/c14-10-6-8(2-3-9(10)13(15,16)17)12(4-1-5-12)7-11(18)19/h2-3,6H,1,4-5,7H2,(H,18,19). The van der Waals surface area contributed by atoms with Crippen LogP contribution in [0, 0.1) is 5.82 Å². The summed E-state index contributed by atoms with van der Waals surface area (Å²) in [6, 6.07) is 2.70. The molecule has 19 heavy (non-hydrogen) atoms. The molecule has 0 aromatic heterocycles. The summed E-state index contributed by atoms with van der Waals surface area (Å²) < 4.78 is 50.9. The van der Waals surface area contributed by atoms with Crippen LogP contribution >= 0.6 is 0 Å². The number of carboxylic acid groups (broad SMARTS) is 1. The van der Waals surface area contributed by atoms with Crippen molar-refractivity contribution < 1.29 is 27.5 Å². The van der Waals surface area contributed by atoms with Crippen LogP contribution in [0.15, 0.2) is 18.2 Å². The molecule has 104 valence electrons. The maximum atomic E-state index is 13.5. The molecule has 6 heteroatoms. The lowest BCUT2D eigenvalue weighted by molar-refractivity contribution is -0.141. The summed E-state index contributed by atoms with van der Waals surface area (Å²) in [7, 11) is 0. The molecule has 1 aromatic carbocycles. The SMILES string of the molecule is O=C(O)CC1(c2ccc(C(F)(F)F)c(F)c2)CCC1. The molecule has 0 unspecified atom stereocenters. The van der Waals surface area contributed by atoms with Crippen molar-refractivity contribution in [3.63, 3.8) is 0 Å². The summed E-state index contributed by atoms with van der Waals surface area (Å²) in [5, 5.41) is 8.85. The van der Waals surface area contributed by atoms with Gasteiger partial charge in [-0.2, -0.15) is 13.2 Å². The Hall–Kier alpha value is -1.59. The van der Waals surface area contributed by atoms with Gasteiger partial charge in [0.05, 0.1) is 12.0 Å². The topological polar surface area (TPSA) is 37.3 Å². The van der Waals surface area contributed by atoms with Gasteiger partial charge in [0.25, 0.3) is 0 Å². The first-order chi connectivity index (χ1) is 8.74. The zero-order valence-electron chi connectivity index (χ0n) is 9.93. The molecule has 2 nitrogen and oxygen atoms in total. The van der Waals surface area contributed by atoms with Crippen molar-refractivity contribution >= 4 is 5.97 Å². The molecule has 1 fully saturated rings. The smallest absolute Gasteiger partial charge is 0.419 e. The Bertz CT molecular complexity index is 504. The Morgan fingerprint density at radius 1 is 1.32 bits per heavy atom. The average molecular weight is 276 g/mol. The zero-order valence-corrected chi connectivity index (χ0v) is 9.93. The fourth-order valence-corrected chi connectivity index (χ4v) is 2.54. The molecule has 1 aromatic rings. The molecule has 0 saturated heterocycles. The quantitative estimate of drug-likeness (QED) is 0.854. The predicted octanol–water partition coefficient (Wildman–Crippen LogP) is 3.74. The highest BCUT2D eigenvalue weighted by atomic mass is 19.4. The number of hydrogen-bond acceptors (Lipinski definition) is 1. The van der Waals surface area contributed by atoms with Crippen LogP contribution in [0.2, 0.25) is 0 Å². The lowest BCUT2D eigenvalue weighted by Gasteiger charge is -2.41. The van der Waals surface area contributed by atoms with Gasteiger partial charge in [-0.3, -0.25) is 4.79 Å². The van der Waals surface area contributed by atoms with Gasteiger partial charge < -0.3 is 5.11 Å². The molecule has 0 atom stereocenters. The summed E-state index contributed by atoms with van der Waals surface area (Å²) in [5.74, 6) is -2.37. The molecule has 0 aliphatic heterocycles. The largest absolute Gasteiger partial charge is 0.481 e. The summed E-state index contributed by atoms with van der Waals surface area (Å²) in [6.07, 6.45) is -3.00. The fourth-order valence-electron chi connectivity index (χ4n) is 2.54. The number of halogens is 4. The minimum Gasteiger partial charge on any atom is -0.481 e. The van der Waals surface area contributed by atoms with Gasteiger partial charge in [-0.25, -0.2) is 4.39 Å². The molecule has 0 amide bonds. The highest BCUT2D eigenvalue weighted by Crippen LogP contribution is 2.47. The van der Waals surface area contributed by atoms with E-state index in [9.17, 15) is 22.4 Å². The third-order valence-electron chi connectivity index (χ3n) is 3.69. The van der Waals surface area contributed by atoms with Crippen molar-refractivity contribution in [1.82, 2.24) is 0 Å². The second-order valence-corrected chi connectivity index (χ2v) is 4.90.